The van der Waals surface area contributed by atoms with Crippen LogP contribution in [-0.4, -0.2) is 24.1 Å². The molecule has 1 heterocycles. The largest absolute Gasteiger partial charge is 0.490 e. The summed E-state index contributed by atoms with van der Waals surface area (Å²) >= 11 is 1.65. The summed E-state index contributed by atoms with van der Waals surface area (Å²) in [6, 6.07) is 6.32. The highest BCUT2D eigenvalue weighted by Gasteiger charge is 2.09. The fourth-order valence-corrected chi connectivity index (χ4v) is 2.99. The minimum Gasteiger partial charge on any atom is -0.490 e. The molecule has 5 nitrogen and oxygen atoms in total. The summed E-state index contributed by atoms with van der Waals surface area (Å²) in [5.74, 6) is 1.71. The second kappa shape index (κ2) is 11.4. The number of hydrogen-bond acceptors (Lipinski definition) is 4. The van der Waals surface area contributed by atoms with Gasteiger partial charge in [0.15, 0.2) is 5.96 Å². The molecule has 0 spiro atoms. The molecule has 0 radical (unpaired) electrons. The molecule has 26 heavy (non-hydrogen) atoms. The van der Waals surface area contributed by atoms with Crippen LogP contribution in [-0.2, 0) is 13.1 Å². The maximum Gasteiger partial charge on any atom is 0.191 e. The summed E-state index contributed by atoms with van der Waals surface area (Å²) in [6.45, 7) is 9.71. The third-order valence-electron chi connectivity index (χ3n) is 4.06. The van der Waals surface area contributed by atoms with Crippen molar-refractivity contribution in [2.45, 2.75) is 53.3 Å². The van der Waals surface area contributed by atoms with Crippen molar-refractivity contribution in [2.24, 2.45) is 4.99 Å². The maximum atomic E-state index is 6.07. The predicted molar refractivity (Wildman–Crippen MR) is 121 cm³/mol. The van der Waals surface area contributed by atoms with Gasteiger partial charge in [-0.15, -0.1) is 35.3 Å². The van der Waals surface area contributed by atoms with Crippen molar-refractivity contribution in [3.63, 3.8) is 0 Å². The highest BCUT2D eigenvalue weighted by molar-refractivity contribution is 14.0. The molecule has 1 aromatic carbocycles. The number of nitrogens with zero attached hydrogens (tertiary/aromatic N) is 2. The van der Waals surface area contributed by atoms with Gasteiger partial charge in [-0.3, -0.25) is 4.99 Å². The number of hydrogen-bond donors (Lipinski definition) is 2. The molecule has 144 valence electrons. The van der Waals surface area contributed by atoms with Gasteiger partial charge < -0.3 is 15.4 Å². The van der Waals surface area contributed by atoms with Crippen LogP contribution in [0.15, 0.2) is 28.7 Å². The topological polar surface area (TPSA) is 58.5 Å². The third kappa shape index (κ3) is 6.75. The molecular formula is C19H29IN4OS. The van der Waals surface area contributed by atoms with Crippen LogP contribution in [0.2, 0.25) is 0 Å². The Kier molecular flexibility index (Phi) is 9.93. The van der Waals surface area contributed by atoms with Crippen molar-refractivity contribution in [3.8, 4) is 5.75 Å². The Balaban J connectivity index is 0.00000338. The summed E-state index contributed by atoms with van der Waals surface area (Å²) in [6.07, 6.45) is 1.19. The Morgan fingerprint density at radius 2 is 2.00 bits per heavy atom. The van der Waals surface area contributed by atoms with Crippen molar-refractivity contribution in [1.29, 1.82) is 0 Å². The Labute approximate surface area is 177 Å². The molecule has 0 aliphatic rings. The number of ether oxygens (including phenoxy) is 1. The number of guanidine groups is 1. The number of nitrogens with one attached hydrogen (secondary N) is 2. The number of aryl methyl sites for hydroxylation is 2. The van der Waals surface area contributed by atoms with Crippen LogP contribution < -0.4 is 15.4 Å². The SMILES string of the molecule is CCC(C)Oc1cc(C)ccc1CNC(=NC)NCc1scnc1C.I. The number of thiazole rings is 1. The first-order chi connectivity index (χ1) is 12.0. The molecule has 1 unspecified atom stereocenters. The van der Waals surface area contributed by atoms with Crippen LogP contribution in [0.5, 0.6) is 5.75 Å². The van der Waals surface area contributed by atoms with Crippen LogP contribution in [0, 0.1) is 13.8 Å². The summed E-state index contributed by atoms with van der Waals surface area (Å²) in [4.78, 5) is 9.79. The second-order valence-electron chi connectivity index (χ2n) is 6.09. The van der Waals surface area contributed by atoms with Crippen molar-refractivity contribution in [3.05, 3.63) is 45.4 Å². The quantitative estimate of drug-likeness (QED) is 0.344. The Morgan fingerprint density at radius 1 is 1.27 bits per heavy atom. The van der Waals surface area contributed by atoms with Crippen molar-refractivity contribution >= 4 is 41.3 Å². The first-order valence-electron chi connectivity index (χ1n) is 8.63. The molecule has 0 saturated carbocycles. The van der Waals surface area contributed by atoms with E-state index < -0.39 is 0 Å². The zero-order valence-electron chi connectivity index (χ0n) is 16.1. The Hall–Kier alpha value is -1.35. The molecule has 0 fully saturated rings. The zero-order chi connectivity index (χ0) is 18.2. The average Bonchev–Trinajstić information content (AvgIpc) is 3.01. The van der Waals surface area contributed by atoms with Crippen molar-refractivity contribution in [1.82, 2.24) is 15.6 Å². The highest BCUT2D eigenvalue weighted by atomic mass is 127. The molecule has 2 aromatic rings. The van der Waals surface area contributed by atoms with E-state index in [1.165, 1.54) is 10.4 Å². The maximum absolute atomic E-state index is 6.07. The first-order valence-corrected chi connectivity index (χ1v) is 9.51. The fraction of sp³-hybridized carbons (Fsp3) is 0.474. The van der Waals surface area contributed by atoms with E-state index in [-0.39, 0.29) is 30.1 Å². The summed E-state index contributed by atoms with van der Waals surface area (Å²) in [5, 5.41) is 6.70. The lowest BCUT2D eigenvalue weighted by Gasteiger charge is -2.18. The average molecular weight is 488 g/mol. The van der Waals surface area contributed by atoms with Crippen LogP contribution in [0.1, 0.15) is 42.0 Å². The van der Waals surface area contributed by atoms with Crippen molar-refractivity contribution in [2.75, 3.05) is 7.05 Å². The van der Waals surface area contributed by atoms with Crippen LogP contribution >= 0.6 is 35.3 Å². The van der Waals surface area contributed by atoms with Gasteiger partial charge in [0.1, 0.15) is 5.75 Å². The standard InChI is InChI=1S/C19H28N4OS.HI/c1-6-14(3)24-17-9-13(2)7-8-16(17)10-21-19(20-5)22-11-18-15(4)23-12-25-18;/h7-9,12,14H,6,10-11H2,1-5H3,(H2,20,21,22);1H. The first kappa shape index (κ1) is 22.7. The van der Waals surface area contributed by atoms with Gasteiger partial charge in [0, 0.05) is 24.0 Å². The molecule has 0 aliphatic carbocycles. The van der Waals surface area contributed by atoms with E-state index in [4.69, 9.17) is 4.74 Å². The highest BCUT2D eigenvalue weighted by Crippen LogP contribution is 2.22. The fourth-order valence-electron chi connectivity index (χ4n) is 2.28. The van der Waals surface area contributed by atoms with Gasteiger partial charge in [0.25, 0.3) is 0 Å². The number of aliphatic imine (C=N–C) groups is 1. The number of rotatable bonds is 7. The predicted octanol–water partition coefficient (Wildman–Crippen LogP) is 4.42. The lowest BCUT2D eigenvalue weighted by Crippen LogP contribution is -2.36. The van der Waals surface area contributed by atoms with Crippen LogP contribution in [0.4, 0.5) is 0 Å². The van der Waals surface area contributed by atoms with E-state index in [2.05, 4.69) is 59.6 Å². The van der Waals surface area contributed by atoms with E-state index in [1.54, 1.807) is 18.4 Å². The molecule has 0 aliphatic heterocycles. The van der Waals surface area contributed by atoms with E-state index in [0.29, 0.717) is 6.54 Å². The summed E-state index contributed by atoms with van der Waals surface area (Å²) < 4.78 is 6.07. The molecule has 0 amide bonds. The van der Waals surface area contributed by atoms with Gasteiger partial charge in [0.2, 0.25) is 0 Å². The third-order valence-corrected chi connectivity index (χ3v) is 4.99. The molecule has 0 bridgehead atoms. The lowest BCUT2D eigenvalue weighted by atomic mass is 10.1. The second-order valence-corrected chi connectivity index (χ2v) is 7.03. The number of halogens is 1. The van der Waals surface area contributed by atoms with E-state index in [1.807, 2.05) is 12.4 Å². The molecular weight excluding hydrogens is 459 g/mol. The van der Waals surface area contributed by atoms with Gasteiger partial charge >= 0.3 is 0 Å². The Bertz CT molecular complexity index is 717. The molecule has 2 rings (SSSR count). The van der Waals surface area contributed by atoms with E-state index in [0.717, 1.165) is 35.9 Å². The van der Waals surface area contributed by atoms with Gasteiger partial charge in [-0.25, -0.2) is 4.98 Å². The normalized spacial score (nSPS) is 12.3. The number of benzene rings is 1. The molecule has 0 saturated heterocycles. The van der Waals surface area contributed by atoms with Crippen molar-refractivity contribution < 1.29 is 4.74 Å². The molecule has 7 heteroatoms. The zero-order valence-corrected chi connectivity index (χ0v) is 19.3. The van der Waals surface area contributed by atoms with Crippen LogP contribution in [0.3, 0.4) is 0 Å². The van der Waals surface area contributed by atoms with Gasteiger partial charge in [0.05, 0.1) is 23.9 Å². The Morgan fingerprint density at radius 3 is 2.62 bits per heavy atom. The van der Waals surface area contributed by atoms with Gasteiger partial charge in [-0.05, 0) is 38.8 Å². The van der Waals surface area contributed by atoms with E-state index >= 15 is 0 Å². The smallest absolute Gasteiger partial charge is 0.191 e. The summed E-state index contributed by atoms with van der Waals surface area (Å²) in [5.41, 5.74) is 5.26. The van der Waals surface area contributed by atoms with Gasteiger partial charge in [-0.1, -0.05) is 19.1 Å². The van der Waals surface area contributed by atoms with E-state index in [9.17, 15) is 0 Å². The van der Waals surface area contributed by atoms with Crippen LogP contribution in [0.25, 0.3) is 0 Å². The molecule has 2 N–H and O–H groups in total. The minimum absolute atomic E-state index is 0. The monoisotopic (exact) mass is 488 g/mol. The minimum atomic E-state index is 0. The number of aromatic nitrogens is 1. The molecule has 1 aromatic heterocycles. The molecule has 1 atom stereocenters. The lowest BCUT2D eigenvalue weighted by molar-refractivity contribution is 0.215. The summed E-state index contributed by atoms with van der Waals surface area (Å²) in [7, 11) is 1.78. The van der Waals surface area contributed by atoms with Gasteiger partial charge in [-0.2, -0.15) is 0 Å².